The van der Waals surface area contributed by atoms with Crippen molar-refractivity contribution in [3.63, 3.8) is 0 Å². The molecule has 0 aliphatic carbocycles. The van der Waals surface area contributed by atoms with Crippen molar-refractivity contribution in [3.8, 4) is 17.0 Å². The minimum absolute atomic E-state index is 0.0773. The lowest BCUT2D eigenvalue weighted by Gasteiger charge is -2.36. The van der Waals surface area contributed by atoms with Gasteiger partial charge in [0.2, 0.25) is 0 Å². The molecule has 0 saturated carbocycles. The van der Waals surface area contributed by atoms with E-state index in [1.54, 1.807) is 7.11 Å². The first kappa shape index (κ1) is 20.8. The van der Waals surface area contributed by atoms with Gasteiger partial charge in [0.1, 0.15) is 16.3 Å². The minimum Gasteiger partial charge on any atom is -0.497 e. The molecule has 1 amide bonds. The Morgan fingerprint density at radius 3 is 2.59 bits per heavy atom. The molecule has 0 bridgehead atoms. The number of benzene rings is 2. The van der Waals surface area contributed by atoms with E-state index < -0.39 is 0 Å². The highest BCUT2D eigenvalue weighted by atomic mass is 35.5. The zero-order valence-electron chi connectivity index (χ0n) is 17.9. The smallest absolute Gasteiger partial charge is 0.264 e. The third kappa shape index (κ3) is 3.82. The fraction of sp³-hybridized carbons (Fsp3) is 0.250. The van der Waals surface area contributed by atoms with Gasteiger partial charge >= 0.3 is 0 Å². The first-order valence-electron chi connectivity index (χ1n) is 10.4. The van der Waals surface area contributed by atoms with Gasteiger partial charge in [-0.05, 0) is 36.4 Å². The molecular weight excluding hydrogens is 444 g/mol. The van der Waals surface area contributed by atoms with Crippen LogP contribution in [0.5, 0.6) is 5.75 Å². The summed E-state index contributed by atoms with van der Waals surface area (Å²) in [4.78, 5) is 19.2. The average Bonchev–Trinajstić information content (AvgIpc) is 3.39. The molecule has 3 heterocycles. The normalized spacial score (nSPS) is 14.2. The summed E-state index contributed by atoms with van der Waals surface area (Å²) in [6.45, 7) is 2.93. The first-order valence-corrected chi connectivity index (χ1v) is 11.6. The summed E-state index contributed by atoms with van der Waals surface area (Å²) < 4.78 is 7.21. The van der Waals surface area contributed by atoms with E-state index in [1.165, 1.54) is 11.3 Å². The standard InChI is InChI=1S/C24H23ClN4O2S/c1-27-24-20(22(26-27)16-5-3-8-19(13-16)31-2)15-21(32-24)23(30)29-11-9-28(10-12-29)18-7-4-6-17(25)14-18/h3-8,13-15H,9-12H2,1-2H3. The molecule has 1 fully saturated rings. The number of thiophene rings is 1. The average molecular weight is 467 g/mol. The van der Waals surface area contributed by atoms with Crippen molar-refractivity contribution in [2.24, 2.45) is 7.05 Å². The van der Waals surface area contributed by atoms with Gasteiger partial charge in [0.25, 0.3) is 5.91 Å². The highest BCUT2D eigenvalue weighted by Gasteiger charge is 2.25. The second-order valence-corrected chi connectivity index (χ2v) is 9.26. The highest BCUT2D eigenvalue weighted by molar-refractivity contribution is 7.20. The van der Waals surface area contributed by atoms with E-state index in [0.29, 0.717) is 13.1 Å². The first-order chi connectivity index (χ1) is 15.5. The number of fused-ring (bicyclic) bond motifs is 1. The number of hydrogen-bond donors (Lipinski definition) is 0. The molecule has 0 atom stereocenters. The quantitative estimate of drug-likeness (QED) is 0.428. The summed E-state index contributed by atoms with van der Waals surface area (Å²) in [5.41, 5.74) is 2.94. The number of aromatic nitrogens is 2. The van der Waals surface area contributed by atoms with Gasteiger partial charge in [0.05, 0.1) is 12.0 Å². The molecule has 0 radical (unpaired) electrons. The lowest BCUT2D eigenvalue weighted by Crippen LogP contribution is -2.48. The zero-order chi connectivity index (χ0) is 22.2. The zero-order valence-corrected chi connectivity index (χ0v) is 19.5. The van der Waals surface area contributed by atoms with Crippen LogP contribution in [0.4, 0.5) is 5.69 Å². The van der Waals surface area contributed by atoms with Gasteiger partial charge in [-0.2, -0.15) is 5.10 Å². The fourth-order valence-corrected chi connectivity index (χ4v) is 5.35. The number of rotatable bonds is 4. The van der Waals surface area contributed by atoms with E-state index in [2.05, 4.69) is 16.1 Å². The molecule has 6 nitrogen and oxygen atoms in total. The van der Waals surface area contributed by atoms with Crippen molar-refractivity contribution in [2.75, 3.05) is 38.2 Å². The monoisotopic (exact) mass is 466 g/mol. The Hall–Kier alpha value is -3.03. The largest absolute Gasteiger partial charge is 0.497 e. The van der Waals surface area contributed by atoms with Gasteiger partial charge in [-0.1, -0.05) is 29.8 Å². The SMILES string of the molecule is COc1cccc(-c2nn(C)c3sc(C(=O)N4CCN(c5cccc(Cl)c5)CC4)cc23)c1. The van der Waals surface area contributed by atoms with E-state index in [4.69, 9.17) is 16.3 Å². The van der Waals surface area contributed by atoms with Crippen molar-refractivity contribution in [3.05, 3.63) is 64.5 Å². The molecule has 2 aromatic carbocycles. The fourth-order valence-electron chi connectivity index (χ4n) is 4.13. The van der Waals surface area contributed by atoms with E-state index in [-0.39, 0.29) is 5.91 Å². The van der Waals surface area contributed by atoms with Crippen LogP contribution in [0.3, 0.4) is 0 Å². The number of ether oxygens (including phenoxy) is 1. The molecule has 32 heavy (non-hydrogen) atoms. The van der Waals surface area contributed by atoms with Gasteiger partial charge in [-0.3, -0.25) is 9.48 Å². The summed E-state index contributed by atoms with van der Waals surface area (Å²) in [5, 5.41) is 6.41. The number of carbonyl (C=O) groups excluding carboxylic acids is 1. The maximum Gasteiger partial charge on any atom is 0.264 e. The van der Waals surface area contributed by atoms with E-state index in [1.807, 2.05) is 65.2 Å². The van der Waals surface area contributed by atoms with E-state index in [0.717, 1.165) is 55.9 Å². The number of halogens is 1. The van der Waals surface area contributed by atoms with Gasteiger partial charge in [-0.25, -0.2) is 0 Å². The lowest BCUT2D eigenvalue weighted by molar-refractivity contribution is 0.0751. The summed E-state index contributed by atoms with van der Waals surface area (Å²) in [6, 6.07) is 17.7. The second-order valence-electron chi connectivity index (χ2n) is 7.79. The summed E-state index contributed by atoms with van der Waals surface area (Å²) >= 11 is 7.63. The molecule has 1 aliphatic rings. The van der Waals surface area contributed by atoms with Crippen molar-refractivity contribution in [1.29, 1.82) is 0 Å². The van der Waals surface area contributed by atoms with Crippen molar-refractivity contribution >= 4 is 44.7 Å². The highest BCUT2D eigenvalue weighted by Crippen LogP contribution is 2.35. The number of aryl methyl sites for hydroxylation is 1. The number of nitrogens with zero attached hydrogens (tertiary/aromatic N) is 4. The molecule has 0 unspecified atom stereocenters. The van der Waals surface area contributed by atoms with Crippen LogP contribution in [0.25, 0.3) is 21.5 Å². The number of piperazine rings is 1. The van der Waals surface area contributed by atoms with Crippen molar-refractivity contribution in [2.45, 2.75) is 0 Å². The summed E-state index contributed by atoms with van der Waals surface area (Å²) in [6.07, 6.45) is 0. The van der Waals surface area contributed by atoms with Crippen molar-refractivity contribution < 1.29 is 9.53 Å². The summed E-state index contributed by atoms with van der Waals surface area (Å²) in [5.74, 6) is 0.860. The lowest BCUT2D eigenvalue weighted by atomic mass is 10.1. The Bertz CT molecular complexity index is 1290. The van der Waals surface area contributed by atoms with Gasteiger partial charge in [0.15, 0.2) is 0 Å². The molecular formula is C24H23ClN4O2S. The van der Waals surface area contributed by atoms with Crippen LogP contribution in [-0.4, -0.2) is 53.9 Å². The molecule has 1 saturated heterocycles. The van der Waals surface area contributed by atoms with E-state index >= 15 is 0 Å². The molecule has 0 N–H and O–H groups in total. The molecule has 2 aromatic heterocycles. The minimum atomic E-state index is 0.0773. The van der Waals surface area contributed by atoms with Crippen molar-refractivity contribution in [1.82, 2.24) is 14.7 Å². The second kappa shape index (κ2) is 8.48. The van der Waals surface area contributed by atoms with Crippen LogP contribution in [0.1, 0.15) is 9.67 Å². The molecule has 8 heteroatoms. The molecule has 5 rings (SSSR count). The number of carbonyl (C=O) groups is 1. The maximum absolute atomic E-state index is 13.3. The Kier molecular flexibility index (Phi) is 5.53. The van der Waals surface area contributed by atoms with Crippen LogP contribution in [-0.2, 0) is 7.05 Å². The van der Waals surface area contributed by atoms with Gasteiger partial charge in [-0.15, -0.1) is 11.3 Å². The molecule has 164 valence electrons. The van der Waals surface area contributed by atoms with Gasteiger partial charge in [0, 0.05) is 54.9 Å². The van der Waals surface area contributed by atoms with Crippen LogP contribution in [0.15, 0.2) is 54.6 Å². The molecule has 0 spiro atoms. The van der Waals surface area contributed by atoms with Crippen LogP contribution >= 0.6 is 22.9 Å². The Morgan fingerprint density at radius 2 is 1.84 bits per heavy atom. The Morgan fingerprint density at radius 1 is 1.06 bits per heavy atom. The third-order valence-electron chi connectivity index (χ3n) is 5.81. The topological polar surface area (TPSA) is 50.6 Å². The van der Waals surface area contributed by atoms with E-state index in [9.17, 15) is 4.79 Å². The van der Waals surface area contributed by atoms with Crippen LogP contribution in [0.2, 0.25) is 5.02 Å². The number of amides is 1. The predicted octanol–water partition coefficient (Wildman–Crippen LogP) is 4.93. The summed E-state index contributed by atoms with van der Waals surface area (Å²) in [7, 11) is 3.57. The molecule has 4 aromatic rings. The number of hydrogen-bond acceptors (Lipinski definition) is 5. The number of methoxy groups -OCH3 is 1. The maximum atomic E-state index is 13.3. The Labute approximate surface area is 195 Å². The number of anilines is 1. The predicted molar refractivity (Wildman–Crippen MR) is 130 cm³/mol. The Balaban J connectivity index is 1.37. The third-order valence-corrected chi connectivity index (χ3v) is 7.23. The van der Waals surface area contributed by atoms with Crippen LogP contribution < -0.4 is 9.64 Å². The molecule has 1 aliphatic heterocycles. The van der Waals surface area contributed by atoms with Gasteiger partial charge < -0.3 is 14.5 Å². The van der Waals surface area contributed by atoms with Crippen LogP contribution in [0, 0.1) is 0 Å².